The van der Waals surface area contributed by atoms with E-state index >= 15 is 0 Å². The molecule has 0 atom stereocenters. The highest BCUT2D eigenvalue weighted by Gasteiger charge is 2.04. The fraction of sp³-hybridized carbons (Fsp3) is 0.750. The molecule has 0 aromatic heterocycles. The van der Waals surface area contributed by atoms with Gasteiger partial charge in [0.05, 0.1) is 12.4 Å². The fourth-order valence-electron chi connectivity index (χ4n) is 1.20. The SMILES string of the molecule is C=C(C)C(=O)OCCCCCCNS(=O)(=O)CC. The molecule has 0 amide bonds. The first kappa shape index (κ1) is 17.1. The third-order valence-corrected chi connectivity index (χ3v) is 3.76. The Morgan fingerprint density at radius 2 is 1.83 bits per heavy atom. The van der Waals surface area contributed by atoms with Gasteiger partial charge in [0.25, 0.3) is 0 Å². The number of rotatable bonds is 10. The van der Waals surface area contributed by atoms with E-state index in [1.54, 1.807) is 13.8 Å². The minimum absolute atomic E-state index is 0.115. The van der Waals surface area contributed by atoms with Gasteiger partial charge in [0.15, 0.2) is 0 Å². The summed E-state index contributed by atoms with van der Waals surface area (Å²) in [6, 6.07) is 0. The van der Waals surface area contributed by atoms with Gasteiger partial charge < -0.3 is 4.74 Å². The molecule has 0 aliphatic rings. The van der Waals surface area contributed by atoms with Crippen molar-refractivity contribution in [1.82, 2.24) is 4.72 Å². The first-order valence-corrected chi connectivity index (χ1v) is 7.84. The Kier molecular flexibility index (Phi) is 8.66. The van der Waals surface area contributed by atoms with E-state index < -0.39 is 10.0 Å². The van der Waals surface area contributed by atoms with Gasteiger partial charge in [0.1, 0.15) is 0 Å². The van der Waals surface area contributed by atoms with Crippen molar-refractivity contribution in [2.45, 2.75) is 39.5 Å². The molecule has 0 aromatic carbocycles. The zero-order valence-electron chi connectivity index (χ0n) is 11.2. The molecular formula is C12H23NO4S. The number of hydrogen-bond acceptors (Lipinski definition) is 4. The molecule has 18 heavy (non-hydrogen) atoms. The lowest BCUT2D eigenvalue weighted by Gasteiger charge is -2.05. The van der Waals surface area contributed by atoms with E-state index in [2.05, 4.69) is 11.3 Å². The summed E-state index contributed by atoms with van der Waals surface area (Å²) in [6.45, 7) is 7.58. The number of sulfonamides is 1. The van der Waals surface area contributed by atoms with Crippen molar-refractivity contribution in [3.8, 4) is 0 Å². The topological polar surface area (TPSA) is 72.5 Å². The molecule has 1 N–H and O–H groups in total. The second-order valence-corrected chi connectivity index (χ2v) is 6.22. The van der Waals surface area contributed by atoms with Gasteiger partial charge in [-0.3, -0.25) is 0 Å². The first-order chi connectivity index (χ1) is 8.39. The van der Waals surface area contributed by atoms with Gasteiger partial charge >= 0.3 is 5.97 Å². The summed E-state index contributed by atoms with van der Waals surface area (Å²) in [4.78, 5) is 11.0. The van der Waals surface area contributed by atoms with Crippen LogP contribution in [0.2, 0.25) is 0 Å². The fourth-order valence-corrected chi connectivity index (χ4v) is 1.86. The molecule has 0 aliphatic carbocycles. The van der Waals surface area contributed by atoms with E-state index in [1.165, 1.54) is 0 Å². The summed E-state index contributed by atoms with van der Waals surface area (Å²) in [6.07, 6.45) is 3.42. The summed E-state index contributed by atoms with van der Waals surface area (Å²) >= 11 is 0. The summed E-state index contributed by atoms with van der Waals surface area (Å²) in [5.41, 5.74) is 0.406. The number of unbranched alkanes of at least 4 members (excludes halogenated alkanes) is 3. The molecule has 0 bridgehead atoms. The molecule has 0 spiro atoms. The lowest BCUT2D eigenvalue weighted by atomic mass is 10.2. The van der Waals surface area contributed by atoms with Gasteiger partial charge in [0.2, 0.25) is 10.0 Å². The standard InChI is InChI=1S/C12H23NO4S/c1-4-18(15,16)13-9-7-5-6-8-10-17-12(14)11(2)3/h13H,2,4-10H2,1,3H3. The molecule has 0 saturated carbocycles. The molecule has 106 valence electrons. The second-order valence-electron chi connectivity index (χ2n) is 4.13. The van der Waals surface area contributed by atoms with Gasteiger partial charge in [-0.2, -0.15) is 0 Å². The largest absolute Gasteiger partial charge is 0.462 e. The van der Waals surface area contributed by atoms with Crippen LogP contribution >= 0.6 is 0 Å². The summed E-state index contributed by atoms with van der Waals surface area (Å²) in [5.74, 6) is -0.241. The monoisotopic (exact) mass is 277 g/mol. The molecular weight excluding hydrogens is 254 g/mol. The summed E-state index contributed by atoms with van der Waals surface area (Å²) in [5, 5.41) is 0. The smallest absolute Gasteiger partial charge is 0.333 e. The van der Waals surface area contributed by atoms with Crippen LogP contribution in [0, 0.1) is 0 Å². The number of esters is 1. The summed E-state index contributed by atoms with van der Waals surface area (Å²) in [7, 11) is -3.07. The van der Waals surface area contributed by atoms with Crippen molar-refractivity contribution >= 4 is 16.0 Å². The maximum absolute atomic E-state index is 11.1. The number of hydrogen-bond donors (Lipinski definition) is 1. The maximum atomic E-state index is 11.1. The number of ether oxygens (including phenoxy) is 1. The highest BCUT2D eigenvalue weighted by Crippen LogP contribution is 2.01. The molecule has 0 fully saturated rings. The Labute approximate surface area is 110 Å². The normalized spacial score (nSPS) is 11.2. The quantitative estimate of drug-likeness (QED) is 0.374. The van der Waals surface area contributed by atoms with Gasteiger partial charge in [-0.25, -0.2) is 17.9 Å². The van der Waals surface area contributed by atoms with Crippen LogP contribution in [-0.4, -0.2) is 33.3 Å². The van der Waals surface area contributed by atoms with Crippen molar-refractivity contribution in [2.24, 2.45) is 0 Å². The Bertz CT molecular complexity index is 362. The highest BCUT2D eigenvalue weighted by atomic mass is 32.2. The Balaban J connectivity index is 3.37. The van der Waals surface area contributed by atoms with Gasteiger partial charge in [-0.1, -0.05) is 19.4 Å². The minimum atomic E-state index is -3.07. The average molecular weight is 277 g/mol. The van der Waals surface area contributed by atoms with E-state index in [9.17, 15) is 13.2 Å². The molecule has 0 aromatic rings. The molecule has 0 saturated heterocycles. The number of carbonyl (C=O) groups is 1. The molecule has 6 heteroatoms. The number of nitrogens with one attached hydrogen (secondary N) is 1. The van der Waals surface area contributed by atoms with Crippen LogP contribution in [0.4, 0.5) is 0 Å². The van der Waals surface area contributed by atoms with Crippen LogP contribution in [0.25, 0.3) is 0 Å². The van der Waals surface area contributed by atoms with Gasteiger partial charge in [-0.05, 0) is 26.7 Å². The molecule has 5 nitrogen and oxygen atoms in total. The molecule has 0 heterocycles. The van der Waals surface area contributed by atoms with E-state index in [0.29, 0.717) is 18.7 Å². The van der Waals surface area contributed by atoms with Crippen LogP contribution in [0.5, 0.6) is 0 Å². The van der Waals surface area contributed by atoms with E-state index in [0.717, 1.165) is 25.7 Å². The van der Waals surface area contributed by atoms with Crippen molar-refractivity contribution in [3.05, 3.63) is 12.2 Å². The lowest BCUT2D eigenvalue weighted by Crippen LogP contribution is -2.26. The number of carbonyl (C=O) groups excluding carboxylic acids is 1. The maximum Gasteiger partial charge on any atom is 0.333 e. The van der Waals surface area contributed by atoms with Crippen LogP contribution < -0.4 is 4.72 Å². The molecule has 0 rings (SSSR count). The Hall–Kier alpha value is -0.880. The average Bonchev–Trinajstić information content (AvgIpc) is 2.32. The molecule has 0 radical (unpaired) electrons. The van der Waals surface area contributed by atoms with Crippen LogP contribution in [-0.2, 0) is 19.6 Å². The molecule has 0 unspecified atom stereocenters. The zero-order chi connectivity index (χ0) is 14.0. The third-order valence-electron chi connectivity index (χ3n) is 2.35. The van der Waals surface area contributed by atoms with Gasteiger partial charge in [-0.15, -0.1) is 0 Å². The van der Waals surface area contributed by atoms with Crippen molar-refractivity contribution < 1.29 is 17.9 Å². The first-order valence-electron chi connectivity index (χ1n) is 6.19. The van der Waals surface area contributed by atoms with Crippen molar-refractivity contribution in [2.75, 3.05) is 18.9 Å². The van der Waals surface area contributed by atoms with Crippen LogP contribution in [0.1, 0.15) is 39.5 Å². The predicted molar refractivity (Wildman–Crippen MR) is 71.7 cm³/mol. The Morgan fingerprint density at radius 3 is 2.39 bits per heavy atom. The predicted octanol–water partition coefficient (Wildman–Crippen LogP) is 1.61. The third kappa shape index (κ3) is 9.18. The Morgan fingerprint density at radius 1 is 1.22 bits per heavy atom. The summed E-state index contributed by atoms with van der Waals surface area (Å²) < 4.78 is 29.6. The van der Waals surface area contributed by atoms with Gasteiger partial charge in [0, 0.05) is 12.1 Å². The van der Waals surface area contributed by atoms with Crippen molar-refractivity contribution in [1.29, 1.82) is 0 Å². The zero-order valence-corrected chi connectivity index (χ0v) is 12.0. The second kappa shape index (κ2) is 9.10. The highest BCUT2D eigenvalue weighted by molar-refractivity contribution is 7.89. The lowest BCUT2D eigenvalue weighted by molar-refractivity contribution is -0.139. The van der Waals surface area contributed by atoms with E-state index in [-0.39, 0.29) is 11.7 Å². The van der Waals surface area contributed by atoms with Crippen LogP contribution in [0.15, 0.2) is 12.2 Å². The van der Waals surface area contributed by atoms with Crippen LogP contribution in [0.3, 0.4) is 0 Å². The minimum Gasteiger partial charge on any atom is -0.462 e. The van der Waals surface area contributed by atoms with E-state index in [4.69, 9.17) is 4.74 Å². The molecule has 0 aliphatic heterocycles. The van der Waals surface area contributed by atoms with Crippen molar-refractivity contribution in [3.63, 3.8) is 0 Å². The van der Waals surface area contributed by atoms with E-state index in [1.807, 2.05) is 0 Å².